The minimum atomic E-state index is 0.307. The fraction of sp³-hybridized carbons (Fsp3) is 0.938. The van der Waals surface area contributed by atoms with Crippen molar-refractivity contribution in [2.45, 2.75) is 78.1 Å². The zero-order chi connectivity index (χ0) is 13.2. The summed E-state index contributed by atoms with van der Waals surface area (Å²) >= 11 is 0. The normalized spacial score (nSPS) is 21.7. The third kappa shape index (κ3) is 5.88. The monoisotopic (exact) mass is 253 g/mol. The summed E-state index contributed by atoms with van der Waals surface area (Å²) in [6, 6.07) is 0. The van der Waals surface area contributed by atoms with E-state index in [0.717, 1.165) is 25.3 Å². The lowest BCUT2D eigenvalue weighted by atomic mass is 9.83. The number of nitrogens with one attached hydrogen (secondary N) is 1. The van der Waals surface area contributed by atoms with E-state index in [1.165, 1.54) is 51.4 Å². The quantitative estimate of drug-likeness (QED) is 0.610. The van der Waals surface area contributed by atoms with Crippen molar-refractivity contribution in [1.29, 1.82) is 0 Å². The third-order valence-corrected chi connectivity index (χ3v) is 4.18. The molecule has 1 aliphatic heterocycles. The maximum atomic E-state index is 11.8. The van der Waals surface area contributed by atoms with Crippen LogP contribution in [0.3, 0.4) is 0 Å². The summed E-state index contributed by atoms with van der Waals surface area (Å²) in [5.41, 5.74) is 0. The molecule has 18 heavy (non-hydrogen) atoms. The van der Waals surface area contributed by atoms with Gasteiger partial charge in [-0.1, -0.05) is 58.8 Å². The van der Waals surface area contributed by atoms with Gasteiger partial charge in [0.2, 0.25) is 5.91 Å². The Morgan fingerprint density at radius 1 is 1.17 bits per heavy atom. The summed E-state index contributed by atoms with van der Waals surface area (Å²) in [5, 5.41) is 3.02. The number of rotatable bonds is 9. The zero-order valence-electron chi connectivity index (χ0n) is 12.3. The van der Waals surface area contributed by atoms with E-state index >= 15 is 0 Å². The van der Waals surface area contributed by atoms with Gasteiger partial charge in [0.1, 0.15) is 0 Å². The van der Waals surface area contributed by atoms with Crippen molar-refractivity contribution >= 4 is 5.91 Å². The lowest BCUT2D eigenvalue weighted by molar-refractivity contribution is -0.127. The van der Waals surface area contributed by atoms with E-state index in [9.17, 15) is 4.79 Å². The van der Waals surface area contributed by atoms with Crippen molar-refractivity contribution in [3.63, 3.8) is 0 Å². The lowest BCUT2D eigenvalue weighted by Crippen LogP contribution is -2.37. The van der Waals surface area contributed by atoms with E-state index in [4.69, 9.17) is 0 Å². The molecule has 1 saturated heterocycles. The molecule has 2 atom stereocenters. The number of carbonyl (C=O) groups excluding carboxylic acids is 1. The van der Waals surface area contributed by atoms with Crippen LogP contribution in [-0.4, -0.2) is 12.5 Å². The van der Waals surface area contributed by atoms with E-state index in [2.05, 4.69) is 19.2 Å². The molecule has 2 unspecified atom stereocenters. The van der Waals surface area contributed by atoms with Gasteiger partial charge in [0.05, 0.1) is 0 Å². The molecule has 0 aliphatic carbocycles. The molecular weight excluding hydrogens is 222 g/mol. The Labute approximate surface area is 113 Å². The first-order valence-corrected chi connectivity index (χ1v) is 8.05. The Balaban J connectivity index is 2.28. The fourth-order valence-electron chi connectivity index (χ4n) is 3.11. The van der Waals surface area contributed by atoms with Gasteiger partial charge in [0.25, 0.3) is 0 Å². The molecule has 0 aromatic heterocycles. The van der Waals surface area contributed by atoms with Crippen molar-refractivity contribution in [2.75, 3.05) is 6.54 Å². The molecule has 1 amide bonds. The molecule has 2 heteroatoms. The summed E-state index contributed by atoms with van der Waals surface area (Å²) in [6.45, 7) is 5.42. The molecule has 0 radical (unpaired) electrons. The largest absolute Gasteiger partial charge is 0.356 e. The average Bonchev–Trinajstić information content (AvgIpc) is 2.37. The van der Waals surface area contributed by atoms with Gasteiger partial charge < -0.3 is 5.32 Å². The molecule has 0 bridgehead atoms. The first-order chi connectivity index (χ1) is 8.77. The summed E-state index contributed by atoms with van der Waals surface area (Å²) < 4.78 is 0. The van der Waals surface area contributed by atoms with Crippen LogP contribution >= 0.6 is 0 Å². The van der Waals surface area contributed by atoms with Crippen LogP contribution in [0.1, 0.15) is 78.1 Å². The minimum Gasteiger partial charge on any atom is -0.356 e. The van der Waals surface area contributed by atoms with Crippen LogP contribution in [0.15, 0.2) is 0 Å². The average molecular weight is 253 g/mol. The van der Waals surface area contributed by atoms with Crippen LogP contribution in [0.25, 0.3) is 0 Å². The van der Waals surface area contributed by atoms with Gasteiger partial charge in [0, 0.05) is 12.5 Å². The predicted molar refractivity (Wildman–Crippen MR) is 77.5 cm³/mol. The topological polar surface area (TPSA) is 29.1 Å². The molecule has 1 fully saturated rings. The van der Waals surface area contributed by atoms with Gasteiger partial charge in [-0.05, 0) is 25.2 Å². The van der Waals surface area contributed by atoms with Gasteiger partial charge in [-0.25, -0.2) is 0 Å². The first kappa shape index (κ1) is 15.5. The smallest absolute Gasteiger partial charge is 0.223 e. The number of amides is 1. The van der Waals surface area contributed by atoms with E-state index in [1.807, 2.05) is 0 Å². The molecule has 0 spiro atoms. The van der Waals surface area contributed by atoms with Crippen LogP contribution in [0.2, 0.25) is 0 Å². The van der Waals surface area contributed by atoms with E-state index < -0.39 is 0 Å². The Morgan fingerprint density at radius 2 is 2.00 bits per heavy atom. The Kier molecular flexibility index (Phi) is 8.11. The highest BCUT2D eigenvalue weighted by Gasteiger charge is 2.24. The van der Waals surface area contributed by atoms with E-state index in [0.29, 0.717) is 11.8 Å². The van der Waals surface area contributed by atoms with Gasteiger partial charge in [-0.2, -0.15) is 0 Å². The van der Waals surface area contributed by atoms with Crippen molar-refractivity contribution in [3.8, 4) is 0 Å². The highest BCUT2D eigenvalue weighted by molar-refractivity contribution is 5.79. The standard InChI is InChI=1S/C16H31NO/c1-3-5-6-7-10-14(9-4-2)13-15-11-8-12-17-16(15)18/h14-15H,3-13H2,1-2H3,(H,17,18). The first-order valence-electron chi connectivity index (χ1n) is 8.05. The molecule has 1 aliphatic rings. The van der Waals surface area contributed by atoms with Crippen LogP contribution in [-0.2, 0) is 4.79 Å². The molecule has 0 saturated carbocycles. The summed E-state index contributed by atoms with van der Waals surface area (Å²) in [6.07, 6.45) is 12.7. The zero-order valence-corrected chi connectivity index (χ0v) is 12.3. The van der Waals surface area contributed by atoms with Crippen LogP contribution in [0.5, 0.6) is 0 Å². The molecule has 2 nitrogen and oxygen atoms in total. The van der Waals surface area contributed by atoms with Crippen molar-refractivity contribution in [2.24, 2.45) is 11.8 Å². The second-order valence-electron chi connectivity index (χ2n) is 5.87. The number of hydrogen-bond donors (Lipinski definition) is 1. The highest BCUT2D eigenvalue weighted by atomic mass is 16.1. The maximum absolute atomic E-state index is 11.8. The van der Waals surface area contributed by atoms with Crippen molar-refractivity contribution in [3.05, 3.63) is 0 Å². The third-order valence-electron chi connectivity index (χ3n) is 4.18. The van der Waals surface area contributed by atoms with Crippen molar-refractivity contribution in [1.82, 2.24) is 5.32 Å². The molecule has 0 aromatic rings. The van der Waals surface area contributed by atoms with Gasteiger partial charge >= 0.3 is 0 Å². The van der Waals surface area contributed by atoms with Crippen LogP contribution in [0.4, 0.5) is 0 Å². The van der Waals surface area contributed by atoms with Gasteiger partial charge in [0.15, 0.2) is 0 Å². The number of piperidine rings is 1. The van der Waals surface area contributed by atoms with Crippen molar-refractivity contribution < 1.29 is 4.79 Å². The Hall–Kier alpha value is -0.530. The molecule has 0 aromatic carbocycles. The number of carbonyl (C=O) groups is 1. The Morgan fingerprint density at radius 3 is 2.67 bits per heavy atom. The second kappa shape index (κ2) is 9.41. The predicted octanol–water partition coefficient (Wildman–Crippen LogP) is 4.29. The summed E-state index contributed by atoms with van der Waals surface area (Å²) in [5.74, 6) is 1.40. The van der Waals surface area contributed by atoms with Gasteiger partial charge in [-0.15, -0.1) is 0 Å². The summed E-state index contributed by atoms with van der Waals surface area (Å²) in [4.78, 5) is 11.8. The lowest BCUT2D eigenvalue weighted by Gasteiger charge is -2.26. The molecule has 1 heterocycles. The molecule has 1 N–H and O–H groups in total. The fourth-order valence-corrected chi connectivity index (χ4v) is 3.11. The molecular formula is C16H31NO. The summed E-state index contributed by atoms with van der Waals surface area (Å²) in [7, 11) is 0. The van der Waals surface area contributed by atoms with Crippen LogP contribution < -0.4 is 5.32 Å². The van der Waals surface area contributed by atoms with E-state index in [1.54, 1.807) is 0 Å². The maximum Gasteiger partial charge on any atom is 0.223 e. The van der Waals surface area contributed by atoms with Gasteiger partial charge in [-0.3, -0.25) is 4.79 Å². The number of unbranched alkanes of at least 4 members (excludes halogenated alkanes) is 3. The highest BCUT2D eigenvalue weighted by Crippen LogP contribution is 2.27. The SMILES string of the molecule is CCCCCCC(CCC)CC1CCCNC1=O. The molecule has 1 rings (SSSR count). The second-order valence-corrected chi connectivity index (χ2v) is 5.87. The van der Waals surface area contributed by atoms with Crippen LogP contribution in [0, 0.1) is 11.8 Å². The molecule has 106 valence electrons. The number of hydrogen-bond acceptors (Lipinski definition) is 1. The van der Waals surface area contributed by atoms with E-state index in [-0.39, 0.29) is 0 Å². The minimum absolute atomic E-state index is 0.307. The Bertz CT molecular complexity index is 227.